The zero-order chi connectivity index (χ0) is 18.0. The number of halogens is 1. The number of hydrogen-bond donors (Lipinski definition) is 1. The third kappa shape index (κ3) is 3.61. The molecule has 3 aromatic rings. The summed E-state index contributed by atoms with van der Waals surface area (Å²) in [6, 6.07) is 14.4. The molecule has 1 aromatic heterocycles. The first-order chi connectivity index (χ1) is 11.9. The van der Waals surface area contributed by atoms with Crippen molar-refractivity contribution in [2.45, 2.75) is 19.4 Å². The Kier molecular flexibility index (Phi) is 4.68. The Balaban J connectivity index is 2.00. The summed E-state index contributed by atoms with van der Waals surface area (Å²) in [4.78, 5) is 2.17. The summed E-state index contributed by atoms with van der Waals surface area (Å²) < 4.78 is 13.2. The van der Waals surface area contributed by atoms with Crippen molar-refractivity contribution >= 4 is 16.6 Å². The first kappa shape index (κ1) is 17.3. The maximum Gasteiger partial charge on any atom is 0.156 e. The Morgan fingerprint density at radius 1 is 0.960 bits per heavy atom. The largest absolute Gasteiger partial charge is 0.366 e. The summed E-state index contributed by atoms with van der Waals surface area (Å²) in [6.45, 7) is 5.08. The van der Waals surface area contributed by atoms with Gasteiger partial charge < -0.3 is 10.2 Å². The van der Waals surface area contributed by atoms with Crippen LogP contribution in [-0.4, -0.2) is 41.3 Å². The Bertz CT molecular complexity index is 873. The van der Waals surface area contributed by atoms with E-state index in [1.54, 1.807) is 12.1 Å². The quantitative estimate of drug-likeness (QED) is 0.757. The third-order valence-corrected chi connectivity index (χ3v) is 4.70. The molecule has 0 unspecified atom stereocenters. The van der Waals surface area contributed by atoms with Gasteiger partial charge in [-0.3, -0.25) is 0 Å². The summed E-state index contributed by atoms with van der Waals surface area (Å²) in [5, 5.41) is 14.2. The van der Waals surface area contributed by atoms with E-state index in [1.807, 2.05) is 24.3 Å². The fraction of sp³-hybridized carbons (Fsp3) is 0.300. The second kappa shape index (κ2) is 6.76. The molecule has 0 aliphatic carbocycles. The normalized spacial score (nSPS) is 11.9. The van der Waals surface area contributed by atoms with Crippen LogP contribution in [0.4, 0.5) is 10.2 Å². The number of fused-ring (bicyclic) bond motifs is 1. The fourth-order valence-corrected chi connectivity index (χ4v) is 2.51. The van der Waals surface area contributed by atoms with Gasteiger partial charge in [0.1, 0.15) is 11.5 Å². The van der Waals surface area contributed by atoms with Crippen molar-refractivity contribution in [2.75, 3.05) is 26.0 Å². The highest BCUT2D eigenvalue weighted by molar-refractivity contribution is 5.99. The molecule has 0 spiro atoms. The van der Waals surface area contributed by atoms with Gasteiger partial charge in [0.15, 0.2) is 5.82 Å². The van der Waals surface area contributed by atoms with E-state index < -0.39 is 0 Å². The van der Waals surface area contributed by atoms with Crippen molar-refractivity contribution in [1.29, 1.82) is 0 Å². The SMILES string of the molecule is CN(C)C(C)(C)CNc1nnc(-c2ccc(F)cc2)c2ccccc12. The summed E-state index contributed by atoms with van der Waals surface area (Å²) >= 11 is 0. The molecule has 0 aliphatic rings. The second-order valence-electron chi connectivity index (χ2n) is 7.01. The predicted molar refractivity (Wildman–Crippen MR) is 101 cm³/mol. The monoisotopic (exact) mass is 338 g/mol. The first-order valence-electron chi connectivity index (χ1n) is 8.31. The van der Waals surface area contributed by atoms with Crippen LogP contribution in [0.15, 0.2) is 48.5 Å². The maximum absolute atomic E-state index is 13.2. The van der Waals surface area contributed by atoms with Crippen molar-refractivity contribution < 1.29 is 4.39 Å². The van der Waals surface area contributed by atoms with E-state index in [-0.39, 0.29) is 11.4 Å². The molecule has 0 saturated heterocycles. The van der Waals surface area contributed by atoms with E-state index >= 15 is 0 Å². The zero-order valence-electron chi connectivity index (χ0n) is 15.0. The Morgan fingerprint density at radius 3 is 2.24 bits per heavy atom. The molecule has 130 valence electrons. The standard InChI is InChI=1S/C20H23FN4/c1-20(2,25(3)4)13-22-19-17-8-6-5-7-16(17)18(23-24-19)14-9-11-15(21)12-10-14/h5-12H,13H2,1-4H3,(H,22,24). The van der Waals surface area contributed by atoms with Gasteiger partial charge in [-0.25, -0.2) is 4.39 Å². The number of likely N-dealkylation sites (N-methyl/N-ethyl adjacent to an activating group) is 1. The molecular weight excluding hydrogens is 315 g/mol. The average Bonchev–Trinajstić information content (AvgIpc) is 2.60. The molecule has 0 amide bonds. The van der Waals surface area contributed by atoms with Crippen molar-refractivity contribution in [2.24, 2.45) is 0 Å². The predicted octanol–water partition coefficient (Wildman–Crippen LogP) is 4.19. The van der Waals surface area contributed by atoms with Crippen molar-refractivity contribution in [3.63, 3.8) is 0 Å². The number of nitrogens with one attached hydrogen (secondary N) is 1. The fourth-order valence-electron chi connectivity index (χ4n) is 2.51. The van der Waals surface area contributed by atoms with Crippen LogP contribution in [0.3, 0.4) is 0 Å². The summed E-state index contributed by atoms with van der Waals surface area (Å²) in [7, 11) is 4.12. The minimum atomic E-state index is -0.259. The minimum Gasteiger partial charge on any atom is -0.366 e. The van der Waals surface area contributed by atoms with Gasteiger partial charge in [0, 0.05) is 28.4 Å². The molecule has 0 radical (unpaired) electrons. The lowest BCUT2D eigenvalue weighted by Crippen LogP contribution is -2.44. The molecule has 4 nitrogen and oxygen atoms in total. The molecule has 0 saturated carbocycles. The van der Waals surface area contributed by atoms with Gasteiger partial charge >= 0.3 is 0 Å². The van der Waals surface area contributed by atoms with Crippen LogP contribution >= 0.6 is 0 Å². The van der Waals surface area contributed by atoms with Crippen LogP contribution in [-0.2, 0) is 0 Å². The van der Waals surface area contributed by atoms with Crippen LogP contribution in [0.2, 0.25) is 0 Å². The van der Waals surface area contributed by atoms with Crippen LogP contribution in [0, 0.1) is 5.82 Å². The Hall–Kier alpha value is -2.53. The topological polar surface area (TPSA) is 41.0 Å². The number of hydrogen-bond acceptors (Lipinski definition) is 4. The molecule has 5 heteroatoms. The van der Waals surface area contributed by atoms with Gasteiger partial charge in [-0.05, 0) is 52.2 Å². The van der Waals surface area contributed by atoms with E-state index in [9.17, 15) is 4.39 Å². The maximum atomic E-state index is 13.2. The van der Waals surface area contributed by atoms with Gasteiger partial charge in [0.2, 0.25) is 0 Å². The van der Waals surface area contributed by atoms with E-state index in [2.05, 4.69) is 48.4 Å². The average molecular weight is 338 g/mol. The molecule has 0 atom stereocenters. The Labute approximate surface area is 147 Å². The number of aromatic nitrogens is 2. The lowest BCUT2D eigenvalue weighted by Gasteiger charge is -2.32. The highest BCUT2D eigenvalue weighted by Gasteiger charge is 2.21. The molecule has 0 bridgehead atoms. The Morgan fingerprint density at radius 2 is 1.60 bits per heavy atom. The molecule has 3 rings (SSSR count). The van der Waals surface area contributed by atoms with E-state index in [1.165, 1.54) is 12.1 Å². The van der Waals surface area contributed by atoms with Gasteiger partial charge in [-0.1, -0.05) is 24.3 Å². The smallest absolute Gasteiger partial charge is 0.156 e. The molecule has 0 aliphatic heterocycles. The van der Waals surface area contributed by atoms with Crippen molar-refractivity contribution in [3.8, 4) is 11.3 Å². The van der Waals surface area contributed by atoms with Crippen molar-refractivity contribution in [3.05, 3.63) is 54.3 Å². The molecular formula is C20H23FN4. The second-order valence-corrected chi connectivity index (χ2v) is 7.01. The molecule has 0 fully saturated rings. The molecule has 1 N–H and O–H groups in total. The zero-order valence-corrected chi connectivity index (χ0v) is 15.0. The van der Waals surface area contributed by atoms with Crippen LogP contribution in [0.1, 0.15) is 13.8 Å². The third-order valence-electron chi connectivity index (χ3n) is 4.70. The molecule has 2 aromatic carbocycles. The minimum absolute atomic E-state index is 0.0155. The number of anilines is 1. The number of nitrogens with zero attached hydrogens (tertiary/aromatic N) is 3. The number of benzene rings is 2. The van der Waals surface area contributed by atoms with E-state index in [4.69, 9.17) is 0 Å². The number of rotatable bonds is 5. The van der Waals surface area contributed by atoms with E-state index in [0.717, 1.165) is 34.4 Å². The first-order valence-corrected chi connectivity index (χ1v) is 8.31. The summed E-state index contributed by atoms with van der Waals surface area (Å²) in [6.07, 6.45) is 0. The van der Waals surface area contributed by atoms with Crippen LogP contribution in [0.25, 0.3) is 22.0 Å². The highest BCUT2D eigenvalue weighted by atomic mass is 19.1. The summed E-state index contributed by atoms with van der Waals surface area (Å²) in [5.74, 6) is 0.501. The van der Waals surface area contributed by atoms with Crippen molar-refractivity contribution in [1.82, 2.24) is 15.1 Å². The van der Waals surface area contributed by atoms with Crippen LogP contribution < -0.4 is 5.32 Å². The van der Waals surface area contributed by atoms with Crippen LogP contribution in [0.5, 0.6) is 0 Å². The van der Waals surface area contributed by atoms with E-state index in [0.29, 0.717) is 0 Å². The highest BCUT2D eigenvalue weighted by Crippen LogP contribution is 2.30. The summed E-state index contributed by atoms with van der Waals surface area (Å²) in [5.41, 5.74) is 1.59. The van der Waals surface area contributed by atoms with Gasteiger partial charge in [0.05, 0.1) is 0 Å². The molecule has 1 heterocycles. The van der Waals surface area contributed by atoms with Gasteiger partial charge in [-0.15, -0.1) is 10.2 Å². The van der Waals surface area contributed by atoms with Gasteiger partial charge in [-0.2, -0.15) is 0 Å². The lowest BCUT2D eigenvalue weighted by atomic mass is 10.0. The van der Waals surface area contributed by atoms with Gasteiger partial charge in [0.25, 0.3) is 0 Å². The molecule has 25 heavy (non-hydrogen) atoms. The lowest BCUT2D eigenvalue weighted by molar-refractivity contribution is 0.210.